The van der Waals surface area contributed by atoms with Crippen LogP contribution in [0.1, 0.15) is 47.2 Å². The molecule has 5 rings (SSSR count). The van der Waals surface area contributed by atoms with Crippen LogP contribution in [0.3, 0.4) is 0 Å². The Balaban J connectivity index is 1.56. The minimum Gasteiger partial charge on any atom is -0.378 e. The summed E-state index contributed by atoms with van der Waals surface area (Å²) in [6, 6.07) is 11.3. The zero-order valence-electron chi connectivity index (χ0n) is 19.8. The van der Waals surface area contributed by atoms with E-state index in [-0.39, 0.29) is 10.8 Å². The fourth-order valence-corrected chi connectivity index (χ4v) is 6.81. The predicted molar refractivity (Wildman–Crippen MR) is 133 cm³/mol. The molecule has 0 radical (unpaired) electrons. The highest BCUT2D eigenvalue weighted by atomic mass is 32.2. The Morgan fingerprint density at radius 3 is 2.35 bits per heavy atom. The Labute approximate surface area is 202 Å². The maximum Gasteiger partial charge on any atom is 0.260 e. The number of benzene rings is 2. The Kier molecular flexibility index (Phi) is 6.64. The summed E-state index contributed by atoms with van der Waals surface area (Å²) < 4.78 is 33.9. The van der Waals surface area contributed by atoms with Crippen LogP contribution in [0.5, 0.6) is 0 Å². The number of carbonyl (C=O) groups excluding carboxylic acids is 1. The first-order valence-electron chi connectivity index (χ1n) is 12.3. The van der Waals surface area contributed by atoms with Crippen molar-refractivity contribution in [1.82, 2.24) is 4.31 Å². The molecule has 0 aromatic heterocycles. The highest BCUT2D eigenvalue weighted by Gasteiger charge is 2.31. The van der Waals surface area contributed by atoms with Crippen molar-refractivity contribution >= 4 is 27.3 Å². The molecule has 182 valence electrons. The fourth-order valence-electron chi connectivity index (χ4n) is 5.26. The van der Waals surface area contributed by atoms with E-state index in [1.165, 1.54) is 11.1 Å². The number of amides is 1. The molecular weight excluding hydrogens is 450 g/mol. The van der Waals surface area contributed by atoms with Crippen molar-refractivity contribution in [3.05, 3.63) is 53.1 Å². The lowest BCUT2D eigenvalue weighted by Gasteiger charge is -2.34. The summed E-state index contributed by atoms with van der Waals surface area (Å²) in [6.07, 6.45) is 4.64. The normalized spacial score (nSPS) is 19.7. The molecule has 0 unspecified atom stereocenters. The van der Waals surface area contributed by atoms with E-state index in [1.807, 2.05) is 23.1 Å². The van der Waals surface area contributed by atoms with Gasteiger partial charge in [-0.05, 0) is 62.4 Å². The molecule has 1 amide bonds. The smallest absolute Gasteiger partial charge is 0.260 e. The van der Waals surface area contributed by atoms with Gasteiger partial charge in [0.1, 0.15) is 0 Å². The molecule has 3 aliphatic rings. The Bertz CT molecular complexity index is 1170. The maximum absolute atomic E-state index is 14.0. The van der Waals surface area contributed by atoms with Crippen LogP contribution >= 0.6 is 0 Å². The molecule has 34 heavy (non-hydrogen) atoms. The van der Waals surface area contributed by atoms with Crippen molar-refractivity contribution in [2.75, 3.05) is 55.7 Å². The molecule has 7 nitrogen and oxygen atoms in total. The van der Waals surface area contributed by atoms with Crippen LogP contribution in [0.2, 0.25) is 0 Å². The summed E-state index contributed by atoms with van der Waals surface area (Å²) in [5, 5.41) is 0. The molecule has 0 spiro atoms. The van der Waals surface area contributed by atoms with Crippen molar-refractivity contribution in [2.24, 2.45) is 0 Å². The number of carbonyl (C=O) groups is 1. The minimum absolute atomic E-state index is 0.137. The lowest BCUT2D eigenvalue weighted by molar-refractivity contribution is 0.0983. The summed E-state index contributed by atoms with van der Waals surface area (Å²) >= 11 is 0. The molecule has 0 N–H and O–H groups in total. The zero-order valence-corrected chi connectivity index (χ0v) is 20.6. The summed E-state index contributed by atoms with van der Waals surface area (Å²) in [5.74, 6) is -0.137. The number of fused-ring (bicyclic) bond motifs is 1. The summed E-state index contributed by atoms with van der Waals surface area (Å²) in [5.41, 5.74) is 4.51. The van der Waals surface area contributed by atoms with Gasteiger partial charge in [0.25, 0.3) is 5.91 Å². The number of anilines is 2. The molecule has 3 aliphatic heterocycles. The zero-order chi connectivity index (χ0) is 23.7. The van der Waals surface area contributed by atoms with Crippen LogP contribution in [0, 0.1) is 6.92 Å². The van der Waals surface area contributed by atoms with Gasteiger partial charge in [-0.3, -0.25) is 4.79 Å². The SMILES string of the molecule is Cc1ccc2c(c1)CCCN2C(=O)c1cc(S(=O)(=O)N2CCCCC2)ccc1N1CCOCC1. The second-order valence-corrected chi connectivity index (χ2v) is 11.4. The van der Waals surface area contributed by atoms with Crippen LogP contribution in [-0.2, 0) is 21.2 Å². The lowest BCUT2D eigenvalue weighted by Crippen LogP contribution is -2.40. The fraction of sp³-hybridized carbons (Fsp3) is 0.500. The van der Waals surface area contributed by atoms with Gasteiger partial charge in [-0.25, -0.2) is 8.42 Å². The van der Waals surface area contributed by atoms with Crippen molar-refractivity contribution < 1.29 is 17.9 Å². The van der Waals surface area contributed by atoms with Gasteiger partial charge in [0.05, 0.1) is 23.7 Å². The number of morpholine rings is 1. The number of hydrogen-bond donors (Lipinski definition) is 0. The first-order valence-corrected chi connectivity index (χ1v) is 13.8. The van der Waals surface area contributed by atoms with E-state index < -0.39 is 10.0 Å². The number of ether oxygens (including phenoxy) is 1. The minimum atomic E-state index is -3.64. The molecule has 2 fully saturated rings. The maximum atomic E-state index is 14.0. The number of aryl methyl sites for hydroxylation is 2. The number of sulfonamides is 1. The first kappa shape index (κ1) is 23.3. The second-order valence-electron chi connectivity index (χ2n) is 9.44. The molecule has 0 saturated carbocycles. The number of hydrogen-bond acceptors (Lipinski definition) is 5. The molecule has 0 bridgehead atoms. The Hall–Kier alpha value is -2.42. The Morgan fingerprint density at radius 1 is 0.853 bits per heavy atom. The molecule has 3 heterocycles. The van der Waals surface area contributed by atoms with Gasteiger partial charge < -0.3 is 14.5 Å². The quantitative estimate of drug-likeness (QED) is 0.665. The molecular formula is C26H33N3O4S. The molecule has 8 heteroatoms. The second kappa shape index (κ2) is 9.68. The number of nitrogens with zero attached hydrogens (tertiary/aromatic N) is 3. The number of rotatable bonds is 4. The van der Waals surface area contributed by atoms with Crippen LogP contribution < -0.4 is 9.80 Å². The third kappa shape index (κ3) is 4.46. The van der Waals surface area contributed by atoms with Gasteiger partial charge in [0.15, 0.2) is 0 Å². The van der Waals surface area contributed by atoms with Gasteiger partial charge in [-0.2, -0.15) is 4.31 Å². The molecule has 2 saturated heterocycles. The van der Waals surface area contributed by atoms with Crippen molar-refractivity contribution in [2.45, 2.75) is 43.9 Å². The molecule has 0 atom stereocenters. The summed E-state index contributed by atoms with van der Waals surface area (Å²) in [6.45, 7) is 6.29. The van der Waals surface area contributed by atoms with E-state index in [0.717, 1.165) is 43.5 Å². The van der Waals surface area contributed by atoms with Gasteiger partial charge in [0, 0.05) is 44.1 Å². The van der Waals surface area contributed by atoms with Crippen molar-refractivity contribution in [3.8, 4) is 0 Å². The van der Waals surface area contributed by atoms with Crippen LogP contribution in [0.15, 0.2) is 41.3 Å². The van der Waals surface area contributed by atoms with E-state index in [0.29, 0.717) is 51.5 Å². The summed E-state index contributed by atoms with van der Waals surface area (Å²) in [7, 11) is -3.64. The van der Waals surface area contributed by atoms with E-state index >= 15 is 0 Å². The number of piperidine rings is 1. The molecule has 2 aromatic rings. The van der Waals surface area contributed by atoms with Gasteiger partial charge in [-0.15, -0.1) is 0 Å². The van der Waals surface area contributed by atoms with Crippen molar-refractivity contribution in [3.63, 3.8) is 0 Å². The van der Waals surface area contributed by atoms with Crippen LogP contribution in [-0.4, -0.2) is 64.6 Å². The largest absolute Gasteiger partial charge is 0.378 e. The van der Waals surface area contributed by atoms with Crippen molar-refractivity contribution in [1.29, 1.82) is 0 Å². The molecule has 0 aliphatic carbocycles. The van der Waals surface area contributed by atoms with E-state index in [2.05, 4.69) is 17.9 Å². The van der Waals surface area contributed by atoms with E-state index in [4.69, 9.17) is 4.74 Å². The van der Waals surface area contributed by atoms with Crippen LogP contribution in [0.4, 0.5) is 11.4 Å². The van der Waals surface area contributed by atoms with Crippen LogP contribution in [0.25, 0.3) is 0 Å². The van der Waals surface area contributed by atoms with E-state index in [9.17, 15) is 13.2 Å². The summed E-state index contributed by atoms with van der Waals surface area (Å²) in [4.78, 5) is 18.2. The average molecular weight is 484 g/mol. The highest BCUT2D eigenvalue weighted by Crippen LogP contribution is 2.33. The monoisotopic (exact) mass is 483 g/mol. The predicted octanol–water partition coefficient (Wildman–Crippen LogP) is 3.60. The Morgan fingerprint density at radius 2 is 1.59 bits per heavy atom. The topological polar surface area (TPSA) is 70.2 Å². The van der Waals surface area contributed by atoms with Gasteiger partial charge in [-0.1, -0.05) is 24.1 Å². The first-order chi connectivity index (χ1) is 16.4. The van der Waals surface area contributed by atoms with Gasteiger partial charge in [0.2, 0.25) is 10.0 Å². The molecule has 2 aromatic carbocycles. The third-order valence-electron chi connectivity index (χ3n) is 7.10. The van der Waals surface area contributed by atoms with E-state index in [1.54, 1.807) is 16.4 Å². The van der Waals surface area contributed by atoms with Gasteiger partial charge >= 0.3 is 0 Å². The standard InChI is InChI=1S/C26H33N3O4S/c1-20-7-9-24-21(18-20)6-5-13-29(24)26(30)23-19-22(34(31,32)28-11-3-2-4-12-28)8-10-25(23)27-14-16-33-17-15-27/h7-10,18-19H,2-6,11-17H2,1H3. The lowest BCUT2D eigenvalue weighted by atomic mass is 9.98. The average Bonchev–Trinajstić information content (AvgIpc) is 2.88. The highest BCUT2D eigenvalue weighted by molar-refractivity contribution is 7.89. The third-order valence-corrected chi connectivity index (χ3v) is 9.00.